The summed E-state index contributed by atoms with van der Waals surface area (Å²) in [7, 11) is 0. The summed E-state index contributed by atoms with van der Waals surface area (Å²) in [5.41, 5.74) is 1.61. The average Bonchev–Trinajstić information content (AvgIpc) is 3.05. The van der Waals surface area contributed by atoms with Crippen molar-refractivity contribution < 1.29 is 9.32 Å². The topological polar surface area (TPSA) is 58.7 Å². The Hall–Kier alpha value is -2.14. The normalized spacial score (nSPS) is 14.4. The van der Waals surface area contributed by atoms with E-state index in [1.165, 1.54) is 0 Å². The molecule has 1 aromatic carbocycles. The number of aromatic nitrogens is 1. The van der Waals surface area contributed by atoms with Crippen molar-refractivity contribution in [3.63, 3.8) is 0 Å². The first-order valence-corrected chi connectivity index (χ1v) is 7.01. The zero-order chi connectivity index (χ0) is 15.0. The lowest BCUT2D eigenvalue weighted by molar-refractivity contribution is 0.0856. The summed E-state index contributed by atoms with van der Waals surface area (Å²) in [5, 5.41) is 4.55. The van der Waals surface area contributed by atoms with Crippen LogP contribution in [0.15, 0.2) is 33.8 Å². The number of rotatable bonds is 2. The predicted molar refractivity (Wildman–Crippen MR) is 80.7 cm³/mol. The van der Waals surface area contributed by atoms with Crippen LogP contribution in [0, 0.1) is 6.92 Å². The fourth-order valence-electron chi connectivity index (χ4n) is 2.40. The molecule has 0 saturated carbocycles. The number of amides is 1. The maximum Gasteiger partial charge on any atom is 0.265 e. The van der Waals surface area contributed by atoms with Gasteiger partial charge >= 0.3 is 0 Å². The summed E-state index contributed by atoms with van der Waals surface area (Å²) in [4.78, 5) is 18.6. The van der Waals surface area contributed by atoms with E-state index in [0.29, 0.717) is 46.5 Å². The monoisotopic (exact) mass is 303 g/mol. The predicted octanol–water partition coefficient (Wildman–Crippen LogP) is 3.18. The van der Waals surface area contributed by atoms with Crippen molar-refractivity contribution in [2.24, 2.45) is 4.99 Å². The Labute approximate surface area is 127 Å². The highest BCUT2D eigenvalue weighted by Gasteiger charge is 2.29. The summed E-state index contributed by atoms with van der Waals surface area (Å²) in [6.07, 6.45) is 0. The molecule has 0 aliphatic carbocycles. The standard InChI is InChI=1S/C15H14ClN3O2/c1-9-13(15(20)19-8-7-17-10(19)2)14(18-21-9)11-5-3-4-6-12(11)16/h3-6H,7-8H2,1-2H3. The molecule has 1 amide bonds. The Morgan fingerprint density at radius 1 is 1.33 bits per heavy atom. The van der Waals surface area contributed by atoms with Crippen LogP contribution in [-0.4, -0.2) is 34.9 Å². The van der Waals surface area contributed by atoms with Gasteiger partial charge in [-0.05, 0) is 19.9 Å². The van der Waals surface area contributed by atoms with Crippen LogP contribution in [0.1, 0.15) is 23.0 Å². The van der Waals surface area contributed by atoms with Gasteiger partial charge in [-0.1, -0.05) is 35.0 Å². The van der Waals surface area contributed by atoms with Crippen molar-refractivity contribution in [1.29, 1.82) is 0 Å². The lowest BCUT2D eigenvalue weighted by atomic mass is 10.1. The van der Waals surface area contributed by atoms with E-state index in [9.17, 15) is 4.79 Å². The second-order valence-electron chi connectivity index (χ2n) is 4.83. The van der Waals surface area contributed by atoms with Gasteiger partial charge in [0.25, 0.3) is 5.91 Å². The second kappa shape index (κ2) is 5.33. The first kappa shape index (κ1) is 13.8. The smallest absolute Gasteiger partial charge is 0.265 e. The molecule has 5 nitrogen and oxygen atoms in total. The molecule has 108 valence electrons. The van der Waals surface area contributed by atoms with Crippen LogP contribution in [0.5, 0.6) is 0 Å². The molecule has 3 rings (SSSR count). The Kier molecular flexibility index (Phi) is 3.51. The average molecular weight is 304 g/mol. The van der Waals surface area contributed by atoms with Gasteiger partial charge in [0.05, 0.1) is 11.6 Å². The minimum absolute atomic E-state index is 0.151. The third-order valence-electron chi connectivity index (χ3n) is 3.51. The van der Waals surface area contributed by atoms with Crippen LogP contribution in [0.3, 0.4) is 0 Å². The molecule has 0 saturated heterocycles. The molecule has 2 heterocycles. The largest absolute Gasteiger partial charge is 0.360 e. The number of benzene rings is 1. The number of aryl methyl sites for hydroxylation is 1. The van der Waals surface area contributed by atoms with E-state index in [-0.39, 0.29) is 5.91 Å². The van der Waals surface area contributed by atoms with Gasteiger partial charge < -0.3 is 4.52 Å². The van der Waals surface area contributed by atoms with Crippen molar-refractivity contribution >= 4 is 23.3 Å². The molecular weight excluding hydrogens is 290 g/mol. The first-order valence-electron chi connectivity index (χ1n) is 6.63. The number of aliphatic imine (C=N–C) groups is 1. The molecular formula is C15H14ClN3O2. The van der Waals surface area contributed by atoms with E-state index in [0.717, 1.165) is 0 Å². The van der Waals surface area contributed by atoms with Gasteiger partial charge in [-0.3, -0.25) is 14.7 Å². The van der Waals surface area contributed by atoms with Crippen LogP contribution in [-0.2, 0) is 0 Å². The molecule has 0 fully saturated rings. The lowest BCUT2D eigenvalue weighted by Crippen LogP contribution is -2.33. The minimum atomic E-state index is -0.151. The number of carbonyl (C=O) groups is 1. The Bertz CT molecular complexity index is 736. The highest BCUT2D eigenvalue weighted by atomic mass is 35.5. The van der Waals surface area contributed by atoms with Gasteiger partial charge in [0.15, 0.2) is 0 Å². The molecule has 21 heavy (non-hydrogen) atoms. The van der Waals surface area contributed by atoms with Gasteiger partial charge in [0, 0.05) is 12.1 Å². The van der Waals surface area contributed by atoms with E-state index < -0.39 is 0 Å². The number of hydrogen-bond donors (Lipinski definition) is 0. The summed E-state index contributed by atoms with van der Waals surface area (Å²) in [5.74, 6) is 1.04. The molecule has 0 atom stereocenters. The van der Waals surface area contributed by atoms with Crippen LogP contribution >= 0.6 is 11.6 Å². The number of hydrogen-bond acceptors (Lipinski definition) is 4. The van der Waals surface area contributed by atoms with E-state index in [1.54, 1.807) is 17.9 Å². The summed E-state index contributed by atoms with van der Waals surface area (Å²) in [6, 6.07) is 7.26. The molecule has 0 spiro atoms. The third-order valence-corrected chi connectivity index (χ3v) is 3.84. The highest BCUT2D eigenvalue weighted by Crippen LogP contribution is 2.32. The fourth-order valence-corrected chi connectivity index (χ4v) is 2.63. The molecule has 0 unspecified atom stereocenters. The van der Waals surface area contributed by atoms with Crippen molar-refractivity contribution in [2.45, 2.75) is 13.8 Å². The molecule has 1 aliphatic heterocycles. The molecule has 6 heteroatoms. The number of amidine groups is 1. The van der Waals surface area contributed by atoms with Crippen LogP contribution < -0.4 is 0 Å². The van der Waals surface area contributed by atoms with Crippen LogP contribution in [0.25, 0.3) is 11.3 Å². The third kappa shape index (κ3) is 2.34. The molecule has 0 N–H and O–H groups in total. The van der Waals surface area contributed by atoms with Gasteiger partial charge in [-0.15, -0.1) is 0 Å². The van der Waals surface area contributed by atoms with E-state index in [4.69, 9.17) is 16.1 Å². The second-order valence-corrected chi connectivity index (χ2v) is 5.24. The van der Waals surface area contributed by atoms with E-state index in [2.05, 4.69) is 10.1 Å². The molecule has 1 aromatic heterocycles. The fraction of sp³-hybridized carbons (Fsp3) is 0.267. The molecule has 2 aromatic rings. The van der Waals surface area contributed by atoms with Gasteiger partial charge in [-0.25, -0.2) is 0 Å². The van der Waals surface area contributed by atoms with E-state index >= 15 is 0 Å². The maximum absolute atomic E-state index is 12.7. The SMILES string of the molecule is CC1=NCCN1C(=O)c1c(-c2ccccc2Cl)noc1C. The van der Waals surface area contributed by atoms with Gasteiger partial charge in [-0.2, -0.15) is 0 Å². The highest BCUT2D eigenvalue weighted by molar-refractivity contribution is 6.33. The van der Waals surface area contributed by atoms with Crippen molar-refractivity contribution in [2.75, 3.05) is 13.1 Å². The quantitative estimate of drug-likeness (QED) is 0.856. The molecule has 0 bridgehead atoms. The number of carbonyl (C=O) groups excluding carboxylic acids is 1. The Morgan fingerprint density at radius 3 is 2.76 bits per heavy atom. The van der Waals surface area contributed by atoms with Crippen LogP contribution in [0.2, 0.25) is 5.02 Å². The minimum Gasteiger partial charge on any atom is -0.360 e. The van der Waals surface area contributed by atoms with Gasteiger partial charge in [0.1, 0.15) is 22.9 Å². The van der Waals surface area contributed by atoms with Crippen molar-refractivity contribution in [3.8, 4) is 11.3 Å². The Morgan fingerprint density at radius 2 is 2.10 bits per heavy atom. The van der Waals surface area contributed by atoms with E-state index in [1.807, 2.05) is 25.1 Å². The molecule has 1 aliphatic rings. The van der Waals surface area contributed by atoms with Crippen LogP contribution in [0.4, 0.5) is 0 Å². The summed E-state index contributed by atoms with van der Waals surface area (Å²) < 4.78 is 5.22. The van der Waals surface area contributed by atoms with Crippen molar-refractivity contribution in [1.82, 2.24) is 10.1 Å². The van der Waals surface area contributed by atoms with Crippen molar-refractivity contribution in [3.05, 3.63) is 40.6 Å². The lowest BCUT2D eigenvalue weighted by Gasteiger charge is -2.16. The summed E-state index contributed by atoms with van der Waals surface area (Å²) >= 11 is 6.20. The number of halogens is 1. The zero-order valence-electron chi connectivity index (χ0n) is 11.8. The molecule has 0 radical (unpaired) electrons. The Balaban J connectivity index is 2.08. The maximum atomic E-state index is 12.7. The zero-order valence-corrected chi connectivity index (χ0v) is 12.5. The number of nitrogens with zero attached hydrogens (tertiary/aromatic N) is 3. The van der Waals surface area contributed by atoms with Gasteiger partial charge in [0.2, 0.25) is 0 Å². The first-order chi connectivity index (χ1) is 10.1. The summed E-state index contributed by atoms with van der Waals surface area (Å²) in [6.45, 7) is 4.76.